The average molecular weight is 205 g/mol. The number of rotatable bonds is 2. The molecule has 2 aromatic rings. The standard InChI is InChI=1S/C9H11N5O/c1-2-14-9-6(4-13-14)7(10)5(3-12-9)8(11)15/h3-4H,2H2,1H3,(H2,10,12)(H2,11,15). The zero-order chi connectivity index (χ0) is 11.0. The number of amides is 1. The van der Waals surface area contributed by atoms with E-state index in [2.05, 4.69) is 10.1 Å². The van der Waals surface area contributed by atoms with Crippen LogP contribution in [0.15, 0.2) is 12.4 Å². The highest BCUT2D eigenvalue weighted by Crippen LogP contribution is 2.21. The van der Waals surface area contributed by atoms with Crippen molar-refractivity contribution in [2.24, 2.45) is 5.73 Å². The molecule has 0 aliphatic heterocycles. The summed E-state index contributed by atoms with van der Waals surface area (Å²) in [5.74, 6) is -0.578. The van der Waals surface area contributed by atoms with E-state index in [0.29, 0.717) is 23.3 Å². The van der Waals surface area contributed by atoms with Gasteiger partial charge in [0, 0.05) is 12.7 Å². The van der Waals surface area contributed by atoms with Crippen molar-refractivity contribution in [2.75, 3.05) is 5.73 Å². The van der Waals surface area contributed by atoms with Crippen LogP contribution in [0.2, 0.25) is 0 Å². The number of nitrogen functional groups attached to an aromatic ring is 1. The molecule has 0 aromatic carbocycles. The van der Waals surface area contributed by atoms with Crippen LogP contribution in [0.25, 0.3) is 11.0 Å². The highest BCUT2D eigenvalue weighted by atomic mass is 16.1. The normalized spacial score (nSPS) is 10.7. The quantitative estimate of drug-likeness (QED) is 0.727. The van der Waals surface area contributed by atoms with Crippen LogP contribution in [0.5, 0.6) is 0 Å². The van der Waals surface area contributed by atoms with Gasteiger partial charge in [0.1, 0.15) is 0 Å². The van der Waals surface area contributed by atoms with Crippen LogP contribution < -0.4 is 11.5 Å². The zero-order valence-electron chi connectivity index (χ0n) is 8.27. The molecule has 78 valence electrons. The minimum Gasteiger partial charge on any atom is -0.397 e. The lowest BCUT2D eigenvalue weighted by atomic mass is 10.2. The van der Waals surface area contributed by atoms with Gasteiger partial charge in [0.25, 0.3) is 5.91 Å². The van der Waals surface area contributed by atoms with Crippen molar-refractivity contribution in [1.29, 1.82) is 0 Å². The van der Waals surface area contributed by atoms with Crippen molar-refractivity contribution in [3.63, 3.8) is 0 Å². The second-order valence-electron chi connectivity index (χ2n) is 3.15. The molecule has 2 aromatic heterocycles. The van der Waals surface area contributed by atoms with Gasteiger partial charge in [-0.2, -0.15) is 5.10 Å². The number of aryl methyl sites for hydroxylation is 1. The Morgan fingerprint density at radius 1 is 1.53 bits per heavy atom. The van der Waals surface area contributed by atoms with E-state index in [0.717, 1.165) is 0 Å². The molecule has 4 N–H and O–H groups in total. The maximum atomic E-state index is 11.0. The summed E-state index contributed by atoms with van der Waals surface area (Å²) in [6, 6.07) is 0. The Balaban J connectivity index is 2.75. The van der Waals surface area contributed by atoms with E-state index in [1.54, 1.807) is 10.9 Å². The number of primary amides is 1. The van der Waals surface area contributed by atoms with Gasteiger partial charge in [-0.1, -0.05) is 0 Å². The summed E-state index contributed by atoms with van der Waals surface area (Å²) in [6.07, 6.45) is 2.97. The predicted octanol–water partition coefficient (Wildman–Crippen LogP) is 0.132. The highest BCUT2D eigenvalue weighted by Gasteiger charge is 2.12. The average Bonchev–Trinajstić information content (AvgIpc) is 2.61. The molecule has 6 heteroatoms. The molecular weight excluding hydrogens is 194 g/mol. The van der Waals surface area contributed by atoms with Gasteiger partial charge in [-0.05, 0) is 6.92 Å². The fourth-order valence-electron chi connectivity index (χ4n) is 1.47. The van der Waals surface area contributed by atoms with Crippen molar-refractivity contribution in [3.8, 4) is 0 Å². The highest BCUT2D eigenvalue weighted by molar-refractivity contribution is 6.04. The van der Waals surface area contributed by atoms with E-state index in [9.17, 15) is 4.79 Å². The maximum Gasteiger partial charge on any atom is 0.252 e. The predicted molar refractivity (Wildman–Crippen MR) is 56.1 cm³/mol. The number of anilines is 1. The summed E-state index contributed by atoms with van der Waals surface area (Å²) < 4.78 is 1.70. The van der Waals surface area contributed by atoms with Crippen LogP contribution >= 0.6 is 0 Å². The van der Waals surface area contributed by atoms with Crippen molar-refractivity contribution < 1.29 is 4.79 Å². The first-order valence-electron chi connectivity index (χ1n) is 4.55. The van der Waals surface area contributed by atoms with Crippen LogP contribution in [-0.4, -0.2) is 20.7 Å². The number of nitrogens with zero attached hydrogens (tertiary/aromatic N) is 3. The lowest BCUT2D eigenvalue weighted by Crippen LogP contribution is -2.14. The molecule has 0 aliphatic carbocycles. The Morgan fingerprint density at radius 2 is 2.27 bits per heavy atom. The third kappa shape index (κ3) is 1.30. The topological polar surface area (TPSA) is 99.8 Å². The van der Waals surface area contributed by atoms with Crippen LogP contribution in [0.4, 0.5) is 5.69 Å². The first-order chi connectivity index (χ1) is 7.15. The van der Waals surface area contributed by atoms with Crippen molar-refractivity contribution in [3.05, 3.63) is 18.0 Å². The number of nitrogens with two attached hydrogens (primary N) is 2. The maximum absolute atomic E-state index is 11.0. The van der Waals surface area contributed by atoms with Gasteiger partial charge in [0.05, 0.1) is 22.8 Å². The van der Waals surface area contributed by atoms with Gasteiger partial charge < -0.3 is 11.5 Å². The van der Waals surface area contributed by atoms with Gasteiger partial charge >= 0.3 is 0 Å². The molecule has 0 unspecified atom stereocenters. The molecular formula is C9H11N5O. The molecule has 2 heterocycles. The van der Waals surface area contributed by atoms with Gasteiger partial charge in [-0.25, -0.2) is 9.67 Å². The zero-order valence-corrected chi connectivity index (χ0v) is 8.27. The number of hydrogen-bond acceptors (Lipinski definition) is 4. The summed E-state index contributed by atoms with van der Waals surface area (Å²) in [6.45, 7) is 2.65. The molecule has 0 saturated carbocycles. The fraction of sp³-hybridized carbons (Fsp3) is 0.222. The van der Waals surface area contributed by atoms with Crippen LogP contribution in [0.1, 0.15) is 17.3 Å². The van der Waals surface area contributed by atoms with E-state index in [-0.39, 0.29) is 5.56 Å². The number of carbonyl (C=O) groups excluding carboxylic acids is 1. The second-order valence-corrected chi connectivity index (χ2v) is 3.15. The molecule has 0 saturated heterocycles. The summed E-state index contributed by atoms with van der Waals surface area (Å²) in [5.41, 5.74) is 12.2. The summed E-state index contributed by atoms with van der Waals surface area (Å²) in [7, 11) is 0. The van der Waals surface area contributed by atoms with E-state index in [4.69, 9.17) is 11.5 Å². The third-order valence-electron chi connectivity index (χ3n) is 2.27. The molecule has 15 heavy (non-hydrogen) atoms. The van der Waals surface area contributed by atoms with E-state index < -0.39 is 5.91 Å². The minimum atomic E-state index is -0.578. The number of hydrogen-bond donors (Lipinski definition) is 2. The number of carbonyl (C=O) groups is 1. The first-order valence-corrected chi connectivity index (χ1v) is 4.55. The lowest BCUT2D eigenvalue weighted by Gasteiger charge is -2.02. The van der Waals surface area contributed by atoms with Gasteiger partial charge in [0.15, 0.2) is 5.65 Å². The smallest absolute Gasteiger partial charge is 0.252 e. The number of aromatic nitrogens is 3. The van der Waals surface area contributed by atoms with Crippen molar-refractivity contribution >= 4 is 22.6 Å². The van der Waals surface area contributed by atoms with E-state index in [1.807, 2.05) is 6.92 Å². The summed E-state index contributed by atoms with van der Waals surface area (Å²) in [4.78, 5) is 15.1. The molecule has 1 amide bonds. The minimum absolute atomic E-state index is 0.234. The Kier molecular flexibility index (Phi) is 2.03. The van der Waals surface area contributed by atoms with Crippen LogP contribution in [0.3, 0.4) is 0 Å². The van der Waals surface area contributed by atoms with Gasteiger partial charge in [-0.3, -0.25) is 4.79 Å². The van der Waals surface area contributed by atoms with E-state index in [1.165, 1.54) is 6.20 Å². The van der Waals surface area contributed by atoms with Gasteiger partial charge in [-0.15, -0.1) is 0 Å². The third-order valence-corrected chi connectivity index (χ3v) is 2.27. The SMILES string of the molecule is CCn1ncc2c(N)c(C(N)=O)cnc21. The lowest BCUT2D eigenvalue weighted by molar-refractivity contribution is 0.100. The Morgan fingerprint density at radius 3 is 2.87 bits per heavy atom. The fourth-order valence-corrected chi connectivity index (χ4v) is 1.47. The molecule has 0 radical (unpaired) electrons. The van der Waals surface area contributed by atoms with Crippen LogP contribution in [0, 0.1) is 0 Å². The largest absolute Gasteiger partial charge is 0.397 e. The molecule has 0 atom stereocenters. The molecule has 6 nitrogen and oxygen atoms in total. The van der Waals surface area contributed by atoms with Crippen molar-refractivity contribution in [1.82, 2.24) is 14.8 Å². The van der Waals surface area contributed by atoms with Gasteiger partial charge in [0.2, 0.25) is 0 Å². The number of fused-ring (bicyclic) bond motifs is 1. The summed E-state index contributed by atoms with van der Waals surface area (Å²) >= 11 is 0. The second kappa shape index (κ2) is 3.23. The summed E-state index contributed by atoms with van der Waals surface area (Å²) in [5, 5.41) is 4.76. The molecule has 2 rings (SSSR count). The van der Waals surface area contributed by atoms with Crippen LogP contribution in [-0.2, 0) is 6.54 Å². The Bertz CT molecular complexity index is 531. The molecule has 0 spiro atoms. The van der Waals surface area contributed by atoms with Crippen molar-refractivity contribution in [2.45, 2.75) is 13.5 Å². The molecule has 0 fully saturated rings. The molecule has 0 bridgehead atoms. The Labute approximate surface area is 85.9 Å². The number of pyridine rings is 1. The van der Waals surface area contributed by atoms with E-state index >= 15 is 0 Å². The first kappa shape index (κ1) is 9.45. The molecule has 0 aliphatic rings. The monoisotopic (exact) mass is 205 g/mol. The Hall–Kier alpha value is -2.11.